The molecular formula is C14H18BrN5. The van der Waals surface area contributed by atoms with Gasteiger partial charge >= 0.3 is 0 Å². The molecule has 1 aromatic heterocycles. The van der Waals surface area contributed by atoms with Gasteiger partial charge in [-0.05, 0) is 51.0 Å². The van der Waals surface area contributed by atoms with Crippen LogP contribution >= 0.6 is 15.9 Å². The Hall–Kier alpha value is -1.66. The third-order valence-electron chi connectivity index (χ3n) is 3.14. The standard InChI is InChI=1S/C14H18BrN5/c1-7-5-11(15)6-8(2)12(7)19-13-9(3)14(20-16)18-10(4)17-13/h5-6H,16H2,1-4H3,(H2,17,18,19,20). The average molecular weight is 336 g/mol. The average Bonchev–Trinajstić information content (AvgIpc) is 2.37. The molecule has 0 spiro atoms. The highest BCUT2D eigenvalue weighted by Crippen LogP contribution is 2.29. The molecule has 5 nitrogen and oxygen atoms in total. The molecule has 0 bridgehead atoms. The van der Waals surface area contributed by atoms with E-state index in [1.54, 1.807) is 0 Å². The molecule has 1 aromatic carbocycles. The van der Waals surface area contributed by atoms with E-state index in [1.165, 1.54) is 0 Å². The third-order valence-corrected chi connectivity index (χ3v) is 3.59. The van der Waals surface area contributed by atoms with Gasteiger partial charge < -0.3 is 10.7 Å². The molecule has 0 unspecified atom stereocenters. The number of nitrogen functional groups attached to an aromatic ring is 1. The number of hydrogen-bond donors (Lipinski definition) is 3. The second-order valence-corrected chi connectivity index (χ2v) is 5.69. The van der Waals surface area contributed by atoms with Gasteiger partial charge in [-0.2, -0.15) is 0 Å². The maximum Gasteiger partial charge on any atom is 0.148 e. The lowest BCUT2D eigenvalue weighted by Gasteiger charge is -2.16. The smallest absolute Gasteiger partial charge is 0.148 e. The Labute approximate surface area is 127 Å². The number of aryl methyl sites for hydroxylation is 3. The molecule has 0 amide bonds. The highest BCUT2D eigenvalue weighted by atomic mass is 79.9. The number of rotatable bonds is 3. The SMILES string of the molecule is Cc1nc(NN)c(C)c(Nc2c(C)cc(Br)cc2C)n1. The highest BCUT2D eigenvalue weighted by molar-refractivity contribution is 9.10. The number of anilines is 3. The number of hydrogen-bond acceptors (Lipinski definition) is 5. The third kappa shape index (κ3) is 2.91. The topological polar surface area (TPSA) is 75.9 Å². The molecule has 0 aliphatic heterocycles. The molecule has 0 radical (unpaired) electrons. The van der Waals surface area contributed by atoms with E-state index in [0.717, 1.165) is 32.7 Å². The zero-order valence-electron chi connectivity index (χ0n) is 12.0. The summed E-state index contributed by atoms with van der Waals surface area (Å²) in [6, 6.07) is 4.14. The van der Waals surface area contributed by atoms with Crippen LogP contribution in [0, 0.1) is 27.7 Å². The molecule has 0 saturated heterocycles. The van der Waals surface area contributed by atoms with E-state index >= 15 is 0 Å². The first-order valence-electron chi connectivity index (χ1n) is 6.28. The van der Waals surface area contributed by atoms with Gasteiger partial charge in [0.25, 0.3) is 0 Å². The molecule has 1 heterocycles. The van der Waals surface area contributed by atoms with Crippen LogP contribution in [0.4, 0.5) is 17.3 Å². The summed E-state index contributed by atoms with van der Waals surface area (Å²) in [6.07, 6.45) is 0. The van der Waals surface area contributed by atoms with Gasteiger partial charge in [0, 0.05) is 15.7 Å². The van der Waals surface area contributed by atoms with Gasteiger partial charge in [-0.15, -0.1) is 0 Å². The van der Waals surface area contributed by atoms with E-state index in [4.69, 9.17) is 5.84 Å². The first kappa shape index (κ1) is 14.7. The van der Waals surface area contributed by atoms with Crippen molar-refractivity contribution in [3.8, 4) is 0 Å². The monoisotopic (exact) mass is 335 g/mol. The summed E-state index contributed by atoms with van der Waals surface area (Å²) in [5.74, 6) is 7.55. The zero-order valence-corrected chi connectivity index (χ0v) is 13.6. The summed E-state index contributed by atoms with van der Waals surface area (Å²) in [5, 5.41) is 3.38. The van der Waals surface area contributed by atoms with Crippen LogP contribution in [-0.4, -0.2) is 9.97 Å². The Morgan fingerprint density at radius 2 is 1.55 bits per heavy atom. The second kappa shape index (κ2) is 5.76. The van der Waals surface area contributed by atoms with Crippen molar-refractivity contribution in [1.29, 1.82) is 0 Å². The lowest BCUT2D eigenvalue weighted by Crippen LogP contribution is -2.13. The van der Waals surface area contributed by atoms with Crippen LogP contribution in [0.1, 0.15) is 22.5 Å². The first-order chi connectivity index (χ1) is 9.42. The molecule has 2 rings (SSSR count). The maximum absolute atomic E-state index is 5.49. The summed E-state index contributed by atoms with van der Waals surface area (Å²) in [5.41, 5.74) is 6.84. The molecule has 4 N–H and O–H groups in total. The molecule has 106 valence electrons. The molecule has 2 aromatic rings. The van der Waals surface area contributed by atoms with Crippen molar-refractivity contribution in [3.05, 3.63) is 39.1 Å². The van der Waals surface area contributed by atoms with Crippen LogP contribution in [0.3, 0.4) is 0 Å². The van der Waals surface area contributed by atoms with Crippen LogP contribution < -0.4 is 16.6 Å². The Morgan fingerprint density at radius 1 is 1.00 bits per heavy atom. The van der Waals surface area contributed by atoms with Crippen LogP contribution in [0.5, 0.6) is 0 Å². The summed E-state index contributed by atoms with van der Waals surface area (Å²) < 4.78 is 1.07. The maximum atomic E-state index is 5.49. The van der Waals surface area contributed by atoms with Crippen molar-refractivity contribution < 1.29 is 0 Å². The number of nitrogens with zero attached hydrogens (tertiary/aromatic N) is 2. The summed E-state index contributed by atoms with van der Waals surface area (Å²) in [7, 11) is 0. The van der Waals surface area contributed by atoms with Crippen molar-refractivity contribution >= 4 is 33.3 Å². The van der Waals surface area contributed by atoms with Gasteiger partial charge in [-0.3, -0.25) is 0 Å². The molecular weight excluding hydrogens is 318 g/mol. The fourth-order valence-corrected chi connectivity index (χ4v) is 2.80. The fraction of sp³-hybridized carbons (Fsp3) is 0.286. The van der Waals surface area contributed by atoms with E-state index < -0.39 is 0 Å². The number of halogens is 1. The number of nitrogens with one attached hydrogen (secondary N) is 2. The minimum Gasteiger partial charge on any atom is -0.339 e. The van der Waals surface area contributed by atoms with E-state index in [-0.39, 0.29) is 0 Å². The second-order valence-electron chi connectivity index (χ2n) is 4.78. The Kier molecular flexibility index (Phi) is 4.25. The van der Waals surface area contributed by atoms with Crippen LogP contribution in [-0.2, 0) is 0 Å². The molecule has 6 heteroatoms. The first-order valence-corrected chi connectivity index (χ1v) is 7.07. The number of aromatic nitrogens is 2. The minimum atomic E-state index is 0.632. The van der Waals surface area contributed by atoms with Crippen LogP contribution in [0.15, 0.2) is 16.6 Å². The number of hydrazine groups is 1. The molecule has 20 heavy (non-hydrogen) atoms. The van der Waals surface area contributed by atoms with Gasteiger partial charge in [-0.25, -0.2) is 15.8 Å². The molecule has 0 atom stereocenters. The van der Waals surface area contributed by atoms with Crippen molar-refractivity contribution in [2.45, 2.75) is 27.7 Å². The lowest BCUT2D eigenvalue weighted by molar-refractivity contribution is 1.02. The van der Waals surface area contributed by atoms with Gasteiger partial charge in [0.15, 0.2) is 0 Å². The van der Waals surface area contributed by atoms with Crippen LogP contribution in [0.2, 0.25) is 0 Å². The summed E-state index contributed by atoms with van der Waals surface area (Å²) in [4.78, 5) is 8.71. The zero-order chi connectivity index (χ0) is 14.9. The van der Waals surface area contributed by atoms with Gasteiger partial charge in [0.2, 0.25) is 0 Å². The normalized spacial score (nSPS) is 10.5. The summed E-state index contributed by atoms with van der Waals surface area (Å²) >= 11 is 3.50. The van der Waals surface area contributed by atoms with E-state index in [1.807, 2.05) is 13.8 Å². The Morgan fingerprint density at radius 3 is 2.10 bits per heavy atom. The molecule has 0 aliphatic carbocycles. The van der Waals surface area contributed by atoms with Crippen molar-refractivity contribution in [2.24, 2.45) is 5.84 Å². The Balaban J connectivity index is 2.48. The van der Waals surface area contributed by atoms with Crippen LogP contribution in [0.25, 0.3) is 0 Å². The quantitative estimate of drug-likeness (QED) is 0.591. The van der Waals surface area contributed by atoms with Crippen molar-refractivity contribution in [3.63, 3.8) is 0 Å². The molecule has 0 saturated carbocycles. The Bertz CT molecular complexity index is 631. The minimum absolute atomic E-state index is 0.632. The number of nitrogens with two attached hydrogens (primary N) is 1. The largest absolute Gasteiger partial charge is 0.339 e. The van der Waals surface area contributed by atoms with Gasteiger partial charge in [0.1, 0.15) is 17.5 Å². The molecule has 0 fully saturated rings. The van der Waals surface area contributed by atoms with Gasteiger partial charge in [-0.1, -0.05) is 15.9 Å². The highest BCUT2D eigenvalue weighted by Gasteiger charge is 2.11. The van der Waals surface area contributed by atoms with E-state index in [9.17, 15) is 0 Å². The van der Waals surface area contributed by atoms with Crippen molar-refractivity contribution in [1.82, 2.24) is 9.97 Å². The predicted molar refractivity (Wildman–Crippen MR) is 86.2 cm³/mol. The fourth-order valence-electron chi connectivity index (χ4n) is 2.12. The van der Waals surface area contributed by atoms with Crippen molar-refractivity contribution in [2.75, 3.05) is 10.7 Å². The van der Waals surface area contributed by atoms with E-state index in [2.05, 4.69) is 62.6 Å². The number of benzene rings is 1. The lowest BCUT2D eigenvalue weighted by atomic mass is 10.1. The van der Waals surface area contributed by atoms with E-state index in [0.29, 0.717) is 11.6 Å². The molecule has 0 aliphatic rings. The predicted octanol–water partition coefficient (Wildman–Crippen LogP) is 3.50. The summed E-state index contributed by atoms with van der Waals surface area (Å²) in [6.45, 7) is 7.89. The van der Waals surface area contributed by atoms with Gasteiger partial charge in [0.05, 0.1) is 0 Å².